The zero-order valence-corrected chi connectivity index (χ0v) is 12.2. The van der Waals surface area contributed by atoms with Gasteiger partial charge in [0.2, 0.25) is 0 Å². The smallest absolute Gasteiger partial charge is 0.305 e. The molecule has 1 heterocycles. The third kappa shape index (κ3) is 6.38. The molecule has 0 amide bonds. The molecule has 0 aliphatic carbocycles. The first-order valence-corrected chi connectivity index (χ1v) is 6.96. The minimum Gasteiger partial charge on any atom is -0.466 e. The lowest BCUT2D eigenvalue weighted by molar-refractivity contribution is -0.143. The highest BCUT2D eigenvalue weighted by molar-refractivity contribution is 6.29. The SMILES string of the molecule is CCCc1nc(Cl)cc(NCCCC(=O)OCC)n1. The Balaban J connectivity index is 2.38. The van der Waals surface area contributed by atoms with Gasteiger partial charge >= 0.3 is 5.97 Å². The Morgan fingerprint density at radius 3 is 2.89 bits per heavy atom. The third-order valence-corrected chi connectivity index (χ3v) is 2.58. The number of aromatic nitrogens is 2. The van der Waals surface area contributed by atoms with Crippen molar-refractivity contribution in [2.75, 3.05) is 18.5 Å². The molecular formula is C13H20ClN3O2. The Bertz CT molecular complexity index is 413. The number of esters is 1. The number of halogens is 1. The van der Waals surface area contributed by atoms with Crippen molar-refractivity contribution in [2.24, 2.45) is 0 Å². The Labute approximate surface area is 118 Å². The molecular weight excluding hydrogens is 266 g/mol. The van der Waals surface area contributed by atoms with Crippen LogP contribution >= 0.6 is 11.6 Å². The van der Waals surface area contributed by atoms with E-state index >= 15 is 0 Å². The maximum Gasteiger partial charge on any atom is 0.305 e. The number of ether oxygens (including phenoxy) is 1. The van der Waals surface area contributed by atoms with Crippen LogP contribution in [0.4, 0.5) is 5.82 Å². The molecule has 1 rings (SSSR count). The Hall–Kier alpha value is -1.36. The van der Waals surface area contributed by atoms with E-state index in [1.54, 1.807) is 13.0 Å². The summed E-state index contributed by atoms with van der Waals surface area (Å²) in [6.07, 6.45) is 2.88. The molecule has 1 aromatic rings. The molecule has 0 spiro atoms. The van der Waals surface area contributed by atoms with E-state index in [-0.39, 0.29) is 5.97 Å². The summed E-state index contributed by atoms with van der Waals surface area (Å²) in [5.74, 6) is 1.27. The molecule has 0 aliphatic rings. The van der Waals surface area contributed by atoms with Crippen LogP contribution in [0.1, 0.15) is 38.9 Å². The molecule has 0 bridgehead atoms. The number of rotatable bonds is 8. The molecule has 6 heteroatoms. The standard InChI is InChI=1S/C13H20ClN3O2/c1-3-6-11-16-10(14)9-12(17-11)15-8-5-7-13(18)19-4-2/h9H,3-8H2,1-2H3,(H,15,16,17). The fraction of sp³-hybridized carbons (Fsp3) is 0.615. The number of nitrogens with one attached hydrogen (secondary N) is 1. The summed E-state index contributed by atoms with van der Waals surface area (Å²) >= 11 is 5.93. The minimum absolute atomic E-state index is 0.170. The number of nitrogens with zero attached hydrogens (tertiary/aromatic N) is 2. The van der Waals surface area contributed by atoms with E-state index in [0.717, 1.165) is 18.7 Å². The second kappa shape index (κ2) is 8.69. The number of carbonyl (C=O) groups excluding carboxylic acids is 1. The third-order valence-electron chi connectivity index (χ3n) is 2.38. The molecule has 0 saturated carbocycles. The molecule has 0 aromatic carbocycles. The lowest BCUT2D eigenvalue weighted by Gasteiger charge is -2.07. The van der Waals surface area contributed by atoms with Crippen LogP contribution in [-0.2, 0) is 16.0 Å². The largest absolute Gasteiger partial charge is 0.466 e. The molecule has 0 atom stereocenters. The van der Waals surface area contributed by atoms with E-state index in [9.17, 15) is 4.79 Å². The summed E-state index contributed by atoms with van der Waals surface area (Å²) in [5, 5.41) is 3.57. The predicted molar refractivity (Wildman–Crippen MR) is 75.4 cm³/mol. The maximum absolute atomic E-state index is 11.2. The van der Waals surface area contributed by atoms with Gasteiger partial charge in [-0.2, -0.15) is 0 Å². The van der Waals surface area contributed by atoms with Crippen molar-refractivity contribution in [1.82, 2.24) is 9.97 Å². The normalized spacial score (nSPS) is 10.3. The van der Waals surface area contributed by atoms with Crippen LogP contribution in [0.3, 0.4) is 0 Å². The summed E-state index contributed by atoms with van der Waals surface area (Å²) in [6.45, 7) is 4.94. The van der Waals surface area contributed by atoms with Gasteiger partial charge in [0, 0.05) is 25.5 Å². The van der Waals surface area contributed by atoms with Crippen molar-refractivity contribution in [1.29, 1.82) is 0 Å². The lowest BCUT2D eigenvalue weighted by atomic mass is 10.3. The van der Waals surface area contributed by atoms with Crippen LogP contribution in [-0.4, -0.2) is 29.1 Å². The van der Waals surface area contributed by atoms with Crippen LogP contribution in [0.5, 0.6) is 0 Å². The fourth-order valence-electron chi connectivity index (χ4n) is 1.57. The van der Waals surface area contributed by atoms with E-state index in [4.69, 9.17) is 16.3 Å². The second-order valence-electron chi connectivity index (χ2n) is 4.08. The van der Waals surface area contributed by atoms with E-state index in [0.29, 0.717) is 37.0 Å². The van der Waals surface area contributed by atoms with Gasteiger partial charge in [-0.3, -0.25) is 4.79 Å². The van der Waals surface area contributed by atoms with Gasteiger partial charge in [0.15, 0.2) is 0 Å². The summed E-state index contributed by atoms with van der Waals surface area (Å²) in [5.41, 5.74) is 0. The van der Waals surface area contributed by atoms with Crippen molar-refractivity contribution in [2.45, 2.75) is 39.5 Å². The maximum atomic E-state index is 11.2. The molecule has 1 aromatic heterocycles. The molecule has 19 heavy (non-hydrogen) atoms. The number of anilines is 1. The van der Waals surface area contributed by atoms with E-state index in [1.807, 2.05) is 0 Å². The van der Waals surface area contributed by atoms with Crippen molar-refractivity contribution >= 4 is 23.4 Å². The first kappa shape index (κ1) is 15.7. The summed E-state index contributed by atoms with van der Waals surface area (Å²) in [6, 6.07) is 1.69. The average Bonchev–Trinajstić information content (AvgIpc) is 2.35. The Morgan fingerprint density at radius 1 is 1.42 bits per heavy atom. The molecule has 1 N–H and O–H groups in total. The Morgan fingerprint density at radius 2 is 2.21 bits per heavy atom. The summed E-state index contributed by atoms with van der Waals surface area (Å²) in [4.78, 5) is 19.6. The quantitative estimate of drug-likeness (QED) is 0.452. The molecule has 0 radical (unpaired) electrons. The van der Waals surface area contributed by atoms with Crippen LogP contribution in [0, 0.1) is 0 Å². The van der Waals surface area contributed by atoms with Crippen molar-refractivity contribution < 1.29 is 9.53 Å². The molecule has 0 saturated heterocycles. The molecule has 0 unspecified atom stereocenters. The van der Waals surface area contributed by atoms with Crippen molar-refractivity contribution in [3.05, 3.63) is 17.0 Å². The first-order valence-electron chi connectivity index (χ1n) is 6.58. The van der Waals surface area contributed by atoms with Crippen molar-refractivity contribution in [3.8, 4) is 0 Å². The average molecular weight is 286 g/mol. The topological polar surface area (TPSA) is 64.1 Å². The van der Waals surface area contributed by atoms with Crippen LogP contribution in [0.15, 0.2) is 6.07 Å². The minimum atomic E-state index is -0.170. The van der Waals surface area contributed by atoms with Crippen molar-refractivity contribution in [3.63, 3.8) is 0 Å². The molecule has 106 valence electrons. The number of aryl methyl sites for hydroxylation is 1. The van der Waals surface area contributed by atoms with Crippen LogP contribution < -0.4 is 5.32 Å². The fourth-order valence-corrected chi connectivity index (χ4v) is 1.77. The highest BCUT2D eigenvalue weighted by atomic mass is 35.5. The van der Waals surface area contributed by atoms with Gasteiger partial charge in [-0.25, -0.2) is 9.97 Å². The zero-order valence-electron chi connectivity index (χ0n) is 11.4. The predicted octanol–water partition coefficient (Wildman–Crippen LogP) is 2.84. The lowest BCUT2D eigenvalue weighted by Crippen LogP contribution is -2.09. The number of carbonyl (C=O) groups is 1. The molecule has 5 nitrogen and oxygen atoms in total. The molecule has 0 fully saturated rings. The summed E-state index contributed by atoms with van der Waals surface area (Å²) < 4.78 is 4.85. The van der Waals surface area contributed by atoms with Gasteiger partial charge in [0.05, 0.1) is 6.61 Å². The van der Waals surface area contributed by atoms with E-state index < -0.39 is 0 Å². The number of hydrogen-bond acceptors (Lipinski definition) is 5. The van der Waals surface area contributed by atoms with Gasteiger partial charge < -0.3 is 10.1 Å². The van der Waals surface area contributed by atoms with Crippen LogP contribution in [0.25, 0.3) is 0 Å². The second-order valence-corrected chi connectivity index (χ2v) is 4.46. The first-order chi connectivity index (χ1) is 9.15. The van der Waals surface area contributed by atoms with E-state index in [2.05, 4.69) is 22.2 Å². The summed E-state index contributed by atoms with van der Waals surface area (Å²) in [7, 11) is 0. The highest BCUT2D eigenvalue weighted by Crippen LogP contribution is 2.12. The van der Waals surface area contributed by atoms with E-state index in [1.165, 1.54) is 0 Å². The highest BCUT2D eigenvalue weighted by Gasteiger charge is 2.04. The van der Waals surface area contributed by atoms with Gasteiger partial charge in [-0.05, 0) is 19.8 Å². The van der Waals surface area contributed by atoms with Gasteiger partial charge in [-0.15, -0.1) is 0 Å². The Kier molecular flexibility index (Phi) is 7.18. The van der Waals surface area contributed by atoms with Gasteiger partial charge in [0.25, 0.3) is 0 Å². The van der Waals surface area contributed by atoms with Gasteiger partial charge in [-0.1, -0.05) is 18.5 Å². The van der Waals surface area contributed by atoms with Gasteiger partial charge in [0.1, 0.15) is 16.8 Å². The van der Waals surface area contributed by atoms with Crippen LogP contribution in [0.2, 0.25) is 5.15 Å². The zero-order chi connectivity index (χ0) is 14.1. The number of hydrogen-bond donors (Lipinski definition) is 1. The monoisotopic (exact) mass is 285 g/mol. The molecule has 0 aliphatic heterocycles.